The quantitative estimate of drug-likeness (QED) is 0.656. The molecule has 1 unspecified atom stereocenters. The van der Waals surface area contributed by atoms with Crippen LogP contribution >= 0.6 is 0 Å². The summed E-state index contributed by atoms with van der Waals surface area (Å²) in [5, 5.41) is 13.1. The molecule has 0 amide bonds. The van der Waals surface area contributed by atoms with Gasteiger partial charge in [0.2, 0.25) is 0 Å². The van der Waals surface area contributed by atoms with E-state index in [0.717, 1.165) is 13.0 Å². The number of hydrogen-bond donors (Lipinski definition) is 1. The third-order valence-corrected chi connectivity index (χ3v) is 5.28. The number of piperidine rings is 1. The van der Waals surface area contributed by atoms with Gasteiger partial charge in [0.1, 0.15) is 0 Å². The first kappa shape index (κ1) is 13.0. The third kappa shape index (κ3) is 2.51. The highest BCUT2D eigenvalue weighted by Crippen LogP contribution is 2.23. The van der Waals surface area contributed by atoms with Gasteiger partial charge >= 0.3 is 0 Å². The van der Waals surface area contributed by atoms with E-state index in [1.807, 2.05) is 0 Å². The van der Waals surface area contributed by atoms with Crippen LogP contribution in [0.3, 0.4) is 0 Å². The highest BCUT2D eigenvalue weighted by Gasteiger charge is 2.29. The number of nitro benzene ring substituents is 1. The average Bonchev–Trinajstić information content (AvgIpc) is 2.40. The summed E-state index contributed by atoms with van der Waals surface area (Å²) in [5.74, 6) is 0. The van der Waals surface area contributed by atoms with E-state index in [-0.39, 0.29) is 10.6 Å². The largest absolute Gasteiger partial charge is 0.315 e. The van der Waals surface area contributed by atoms with Crippen molar-refractivity contribution < 1.29 is 13.3 Å². The average molecular weight is 270 g/mol. The Hall–Kier alpha value is -1.47. The van der Waals surface area contributed by atoms with Crippen LogP contribution in [-0.4, -0.2) is 31.7 Å². The molecule has 1 aliphatic rings. The van der Waals surface area contributed by atoms with Crippen LogP contribution in [0, 0.1) is 10.1 Å². The van der Waals surface area contributed by atoms with Gasteiger partial charge in [-0.05, 0) is 31.5 Å². The number of nitrogens with zero attached hydrogens (tertiary/aromatic N) is 1. The Kier molecular flexibility index (Phi) is 3.63. The summed E-state index contributed by atoms with van der Waals surface area (Å²) in [6.45, 7) is 1.28. The standard InChI is InChI=1S/C11H14N2O4S/c14-13(15)9-3-5-10(6-4-9)18(16,17)11-2-1-7-12-8-11/h3-6,11-12H,1-2,7-8H2. The summed E-state index contributed by atoms with van der Waals surface area (Å²) in [4.78, 5) is 10.1. The lowest BCUT2D eigenvalue weighted by Gasteiger charge is -2.22. The van der Waals surface area contributed by atoms with Gasteiger partial charge in [0, 0.05) is 18.7 Å². The maximum absolute atomic E-state index is 12.3. The van der Waals surface area contributed by atoms with Crippen LogP contribution in [0.2, 0.25) is 0 Å². The van der Waals surface area contributed by atoms with Crippen molar-refractivity contribution in [1.82, 2.24) is 5.32 Å². The fourth-order valence-electron chi connectivity index (χ4n) is 2.03. The summed E-state index contributed by atoms with van der Waals surface area (Å²) >= 11 is 0. The van der Waals surface area contributed by atoms with Crippen LogP contribution in [0.4, 0.5) is 5.69 Å². The Bertz CT molecular complexity index is 533. The maximum Gasteiger partial charge on any atom is 0.269 e. The van der Waals surface area contributed by atoms with Crippen LogP contribution < -0.4 is 5.32 Å². The van der Waals surface area contributed by atoms with E-state index in [4.69, 9.17) is 0 Å². The molecule has 18 heavy (non-hydrogen) atoms. The predicted octanol–water partition coefficient (Wildman–Crippen LogP) is 1.12. The van der Waals surface area contributed by atoms with E-state index >= 15 is 0 Å². The van der Waals surface area contributed by atoms with Crippen molar-refractivity contribution in [3.63, 3.8) is 0 Å². The summed E-state index contributed by atoms with van der Waals surface area (Å²) in [6.07, 6.45) is 1.46. The first-order chi connectivity index (χ1) is 8.51. The lowest BCUT2D eigenvalue weighted by atomic mass is 10.2. The predicted molar refractivity (Wildman–Crippen MR) is 66.2 cm³/mol. The van der Waals surface area contributed by atoms with Gasteiger partial charge in [-0.1, -0.05) is 0 Å². The number of rotatable bonds is 3. The fourth-order valence-corrected chi connectivity index (χ4v) is 3.75. The highest BCUT2D eigenvalue weighted by atomic mass is 32.2. The first-order valence-electron chi connectivity index (χ1n) is 5.71. The molecule has 0 spiro atoms. The molecule has 7 heteroatoms. The molecule has 1 heterocycles. The van der Waals surface area contributed by atoms with Gasteiger partial charge in [-0.25, -0.2) is 8.42 Å². The van der Waals surface area contributed by atoms with Crippen molar-refractivity contribution in [1.29, 1.82) is 0 Å². The summed E-state index contributed by atoms with van der Waals surface area (Å²) in [6, 6.07) is 5.07. The van der Waals surface area contributed by atoms with E-state index < -0.39 is 20.0 Å². The monoisotopic (exact) mass is 270 g/mol. The molecule has 0 aliphatic carbocycles. The molecular formula is C11H14N2O4S. The Morgan fingerprint density at radius 3 is 2.44 bits per heavy atom. The number of nitro groups is 1. The molecule has 1 aromatic rings. The molecule has 0 aromatic heterocycles. The van der Waals surface area contributed by atoms with Crippen LogP contribution in [0.1, 0.15) is 12.8 Å². The molecule has 1 aromatic carbocycles. The summed E-state index contributed by atoms with van der Waals surface area (Å²) in [7, 11) is -3.39. The van der Waals surface area contributed by atoms with Gasteiger partial charge in [-0.3, -0.25) is 10.1 Å². The van der Waals surface area contributed by atoms with Crippen molar-refractivity contribution in [2.45, 2.75) is 23.0 Å². The van der Waals surface area contributed by atoms with Crippen molar-refractivity contribution in [3.05, 3.63) is 34.4 Å². The molecule has 1 aliphatic heterocycles. The van der Waals surface area contributed by atoms with Crippen LogP contribution in [0.15, 0.2) is 29.2 Å². The van der Waals surface area contributed by atoms with Gasteiger partial charge in [-0.15, -0.1) is 0 Å². The molecule has 1 atom stereocenters. The molecule has 1 N–H and O–H groups in total. The normalized spacial score (nSPS) is 20.6. The maximum atomic E-state index is 12.3. The van der Waals surface area contributed by atoms with E-state index in [2.05, 4.69) is 5.32 Å². The minimum absolute atomic E-state index is 0.101. The van der Waals surface area contributed by atoms with Gasteiger partial charge in [0.15, 0.2) is 9.84 Å². The molecule has 2 rings (SSSR count). The van der Waals surface area contributed by atoms with Gasteiger partial charge in [0.05, 0.1) is 15.1 Å². The zero-order chi connectivity index (χ0) is 13.2. The minimum Gasteiger partial charge on any atom is -0.315 e. The molecule has 0 radical (unpaired) electrons. The van der Waals surface area contributed by atoms with E-state index in [0.29, 0.717) is 13.0 Å². The molecule has 6 nitrogen and oxygen atoms in total. The molecule has 0 saturated carbocycles. The minimum atomic E-state index is -3.39. The van der Waals surface area contributed by atoms with Crippen molar-refractivity contribution in [3.8, 4) is 0 Å². The molecule has 98 valence electrons. The van der Waals surface area contributed by atoms with E-state index in [1.54, 1.807) is 0 Å². The topological polar surface area (TPSA) is 89.3 Å². The SMILES string of the molecule is O=[N+]([O-])c1ccc(S(=O)(=O)C2CCCNC2)cc1. The number of nitrogens with one attached hydrogen (secondary N) is 1. The van der Waals surface area contributed by atoms with Crippen LogP contribution in [0.5, 0.6) is 0 Å². The first-order valence-corrected chi connectivity index (χ1v) is 7.25. The fraction of sp³-hybridized carbons (Fsp3) is 0.455. The second kappa shape index (κ2) is 5.03. The van der Waals surface area contributed by atoms with Crippen LogP contribution in [0.25, 0.3) is 0 Å². The van der Waals surface area contributed by atoms with Crippen molar-refractivity contribution >= 4 is 15.5 Å². The summed E-state index contributed by atoms with van der Waals surface area (Å²) < 4.78 is 24.5. The second-order valence-electron chi connectivity index (χ2n) is 4.26. The number of non-ortho nitro benzene ring substituents is 1. The third-order valence-electron chi connectivity index (χ3n) is 3.07. The van der Waals surface area contributed by atoms with Crippen molar-refractivity contribution in [2.24, 2.45) is 0 Å². The summed E-state index contributed by atoms with van der Waals surface area (Å²) in [5.41, 5.74) is -0.101. The second-order valence-corrected chi connectivity index (χ2v) is 6.49. The molecule has 0 bridgehead atoms. The van der Waals surface area contributed by atoms with E-state index in [9.17, 15) is 18.5 Å². The van der Waals surface area contributed by atoms with E-state index in [1.165, 1.54) is 24.3 Å². The smallest absolute Gasteiger partial charge is 0.269 e. The van der Waals surface area contributed by atoms with Gasteiger partial charge < -0.3 is 5.32 Å². The van der Waals surface area contributed by atoms with Crippen LogP contribution in [-0.2, 0) is 9.84 Å². The molecule has 1 saturated heterocycles. The number of sulfone groups is 1. The number of hydrogen-bond acceptors (Lipinski definition) is 5. The zero-order valence-electron chi connectivity index (χ0n) is 9.70. The van der Waals surface area contributed by atoms with Gasteiger partial charge in [0.25, 0.3) is 5.69 Å². The molecular weight excluding hydrogens is 256 g/mol. The Balaban J connectivity index is 2.26. The Morgan fingerprint density at radius 1 is 1.28 bits per heavy atom. The Labute approximate surface area is 105 Å². The zero-order valence-corrected chi connectivity index (χ0v) is 10.5. The number of benzene rings is 1. The highest BCUT2D eigenvalue weighted by molar-refractivity contribution is 7.92. The molecule has 1 fully saturated rings. The Morgan fingerprint density at radius 2 is 1.94 bits per heavy atom. The van der Waals surface area contributed by atoms with Crippen molar-refractivity contribution in [2.75, 3.05) is 13.1 Å². The lowest BCUT2D eigenvalue weighted by Crippen LogP contribution is -2.38. The van der Waals surface area contributed by atoms with Gasteiger partial charge in [-0.2, -0.15) is 0 Å². The lowest BCUT2D eigenvalue weighted by molar-refractivity contribution is -0.384.